The SMILES string of the molecule is CC(O)c1cn(CC(=O)N2CCCCC2)nn1. The molecule has 0 bridgehead atoms. The van der Waals surface area contributed by atoms with Crippen LogP contribution in [0.5, 0.6) is 0 Å². The first kappa shape index (κ1) is 12.0. The minimum atomic E-state index is -0.645. The van der Waals surface area contributed by atoms with Crippen molar-refractivity contribution in [3.63, 3.8) is 0 Å². The second kappa shape index (κ2) is 5.27. The number of aromatic nitrogens is 3. The van der Waals surface area contributed by atoms with Crippen molar-refractivity contribution in [2.24, 2.45) is 0 Å². The number of hydrogen-bond acceptors (Lipinski definition) is 4. The van der Waals surface area contributed by atoms with E-state index in [0.717, 1.165) is 25.9 Å². The Balaban J connectivity index is 1.92. The highest BCUT2D eigenvalue weighted by atomic mass is 16.3. The second-order valence-electron chi connectivity index (χ2n) is 4.46. The van der Waals surface area contributed by atoms with E-state index in [2.05, 4.69) is 10.3 Å². The van der Waals surface area contributed by atoms with Gasteiger partial charge in [-0.3, -0.25) is 4.79 Å². The van der Waals surface area contributed by atoms with Crippen molar-refractivity contribution >= 4 is 5.91 Å². The summed E-state index contributed by atoms with van der Waals surface area (Å²) in [6.07, 6.45) is 4.35. The van der Waals surface area contributed by atoms with Gasteiger partial charge in [-0.05, 0) is 26.2 Å². The van der Waals surface area contributed by atoms with Crippen LogP contribution in [0.4, 0.5) is 0 Å². The molecule has 1 unspecified atom stereocenters. The molecule has 17 heavy (non-hydrogen) atoms. The fourth-order valence-electron chi connectivity index (χ4n) is 1.96. The molecule has 1 fully saturated rings. The molecule has 0 aromatic carbocycles. The molecule has 6 heteroatoms. The van der Waals surface area contributed by atoms with Crippen LogP contribution in [0.2, 0.25) is 0 Å². The highest BCUT2D eigenvalue weighted by Gasteiger charge is 2.17. The van der Waals surface area contributed by atoms with Gasteiger partial charge in [0.25, 0.3) is 0 Å². The Bertz CT molecular complexity index is 383. The van der Waals surface area contributed by atoms with Gasteiger partial charge in [0.15, 0.2) is 0 Å². The predicted molar refractivity (Wildman–Crippen MR) is 61.1 cm³/mol. The van der Waals surface area contributed by atoms with E-state index >= 15 is 0 Å². The van der Waals surface area contributed by atoms with Crippen LogP contribution in [0.25, 0.3) is 0 Å². The van der Waals surface area contributed by atoms with E-state index < -0.39 is 6.10 Å². The number of hydrogen-bond donors (Lipinski definition) is 1. The number of aliphatic hydroxyl groups excluding tert-OH is 1. The molecular formula is C11H18N4O2. The molecule has 1 aromatic rings. The van der Waals surface area contributed by atoms with E-state index in [4.69, 9.17) is 0 Å². The van der Waals surface area contributed by atoms with Crippen molar-refractivity contribution in [2.45, 2.75) is 38.8 Å². The van der Waals surface area contributed by atoms with Gasteiger partial charge in [-0.15, -0.1) is 5.10 Å². The van der Waals surface area contributed by atoms with E-state index in [9.17, 15) is 9.90 Å². The van der Waals surface area contributed by atoms with Crippen molar-refractivity contribution in [1.82, 2.24) is 19.9 Å². The zero-order valence-electron chi connectivity index (χ0n) is 10.0. The Kier molecular flexibility index (Phi) is 3.73. The molecular weight excluding hydrogens is 220 g/mol. The number of aliphatic hydroxyl groups is 1. The zero-order valence-corrected chi connectivity index (χ0v) is 10.0. The molecule has 1 amide bonds. The first-order valence-electron chi connectivity index (χ1n) is 6.02. The number of piperidine rings is 1. The summed E-state index contributed by atoms with van der Waals surface area (Å²) in [4.78, 5) is 13.8. The van der Waals surface area contributed by atoms with Gasteiger partial charge in [-0.25, -0.2) is 4.68 Å². The molecule has 1 atom stereocenters. The van der Waals surface area contributed by atoms with E-state index in [-0.39, 0.29) is 12.5 Å². The average Bonchev–Trinajstić information content (AvgIpc) is 2.79. The van der Waals surface area contributed by atoms with E-state index in [1.807, 2.05) is 4.90 Å². The summed E-state index contributed by atoms with van der Waals surface area (Å²) in [5.74, 6) is 0.0757. The highest BCUT2D eigenvalue weighted by molar-refractivity contribution is 5.75. The lowest BCUT2D eigenvalue weighted by Crippen LogP contribution is -2.37. The van der Waals surface area contributed by atoms with Gasteiger partial charge in [0, 0.05) is 13.1 Å². The van der Waals surface area contributed by atoms with Crippen LogP contribution in [0.15, 0.2) is 6.20 Å². The summed E-state index contributed by atoms with van der Waals surface area (Å²) in [5, 5.41) is 16.9. The fourth-order valence-corrected chi connectivity index (χ4v) is 1.96. The normalized spacial score (nSPS) is 18.1. The summed E-state index contributed by atoms with van der Waals surface area (Å²) in [6.45, 7) is 3.52. The molecule has 6 nitrogen and oxygen atoms in total. The smallest absolute Gasteiger partial charge is 0.244 e. The van der Waals surface area contributed by atoms with E-state index in [1.165, 1.54) is 11.1 Å². The summed E-state index contributed by atoms with van der Waals surface area (Å²) in [6, 6.07) is 0. The van der Waals surface area contributed by atoms with Gasteiger partial charge < -0.3 is 10.0 Å². The molecule has 1 N–H and O–H groups in total. The quantitative estimate of drug-likeness (QED) is 0.824. The maximum absolute atomic E-state index is 11.9. The van der Waals surface area contributed by atoms with Crippen LogP contribution < -0.4 is 0 Å². The maximum atomic E-state index is 11.9. The monoisotopic (exact) mass is 238 g/mol. The lowest BCUT2D eigenvalue weighted by Gasteiger charge is -2.26. The van der Waals surface area contributed by atoms with Gasteiger partial charge >= 0.3 is 0 Å². The third kappa shape index (κ3) is 3.03. The molecule has 2 rings (SSSR count). The van der Waals surface area contributed by atoms with Crippen LogP contribution in [0.1, 0.15) is 38.0 Å². The fraction of sp³-hybridized carbons (Fsp3) is 0.727. The predicted octanol–water partition coefficient (Wildman–Crippen LogP) is 0.344. The number of carbonyl (C=O) groups excluding carboxylic acids is 1. The molecule has 1 saturated heterocycles. The molecule has 0 saturated carbocycles. The Labute approximate surface area is 100 Å². The highest BCUT2D eigenvalue weighted by Crippen LogP contribution is 2.10. The van der Waals surface area contributed by atoms with Crippen LogP contribution in [-0.2, 0) is 11.3 Å². The Morgan fingerprint density at radius 1 is 1.47 bits per heavy atom. The van der Waals surface area contributed by atoms with Crippen LogP contribution in [-0.4, -0.2) is 44.0 Å². The van der Waals surface area contributed by atoms with Crippen LogP contribution >= 0.6 is 0 Å². The van der Waals surface area contributed by atoms with Crippen molar-refractivity contribution in [1.29, 1.82) is 0 Å². The minimum Gasteiger partial charge on any atom is -0.387 e. The number of rotatable bonds is 3. The third-order valence-electron chi connectivity index (χ3n) is 2.99. The van der Waals surface area contributed by atoms with Crippen molar-refractivity contribution in [3.05, 3.63) is 11.9 Å². The standard InChI is InChI=1S/C11H18N4O2/c1-9(16)10-7-15(13-12-10)8-11(17)14-5-3-2-4-6-14/h7,9,16H,2-6,8H2,1H3. The van der Waals surface area contributed by atoms with Gasteiger partial charge in [0.1, 0.15) is 12.2 Å². The first-order valence-corrected chi connectivity index (χ1v) is 6.02. The maximum Gasteiger partial charge on any atom is 0.244 e. The molecule has 94 valence electrons. The molecule has 1 aliphatic rings. The lowest BCUT2D eigenvalue weighted by molar-refractivity contribution is -0.132. The summed E-state index contributed by atoms with van der Waals surface area (Å²) >= 11 is 0. The average molecular weight is 238 g/mol. The van der Waals surface area contributed by atoms with Gasteiger partial charge in [-0.2, -0.15) is 0 Å². The Morgan fingerprint density at radius 3 is 2.76 bits per heavy atom. The second-order valence-corrected chi connectivity index (χ2v) is 4.46. The summed E-state index contributed by atoms with van der Waals surface area (Å²) in [5.41, 5.74) is 0.497. The minimum absolute atomic E-state index is 0.0757. The molecule has 0 spiro atoms. The van der Waals surface area contributed by atoms with Gasteiger partial charge in [0.05, 0.1) is 12.3 Å². The Morgan fingerprint density at radius 2 is 2.18 bits per heavy atom. The van der Waals surface area contributed by atoms with Crippen molar-refractivity contribution < 1.29 is 9.90 Å². The topological polar surface area (TPSA) is 71.2 Å². The molecule has 2 heterocycles. The van der Waals surface area contributed by atoms with Crippen LogP contribution in [0, 0.1) is 0 Å². The first-order chi connectivity index (χ1) is 8.16. The van der Waals surface area contributed by atoms with E-state index in [0.29, 0.717) is 5.69 Å². The lowest BCUT2D eigenvalue weighted by atomic mass is 10.1. The number of carbonyl (C=O) groups is 1. The summed E-state index contributed by atoms with van der Waals surface area (Å²) in [7, 11) is 0. The number of nitrogens with zero attached hydrogens (tertiary/aromatic N) is 4. The van der Waals surface area contributed by atoms with Crippen LogP contribution in [0.3, 0.4) is 0 Å². The molecule has 1 aromatic heterocycles. The molecule has 0 radical (unpaired) electrons. The molecule has 0 aliphatic carbocycles. The molecule has 1 aliphatic heterocycles. The third-order valence-corrected chi connectivity index (χ3v) is 2.99. The van der Waals surface area contributed by atoms with Crippen molar-refractivity contribution in [2.75, 3.05) is 13.1 Å². The number of likely N-dealkylation sites (tertiary alicyclic amines) is 1. The largest absolute Gasteiger partial charge is 0.387 e. The van der Waals surface area contributed by atoms with Gasteiger partial charge in [0.2, 0.25) is 5.91 Å². The van der Waals surface area contributed by atoms with Crippen molar-refractivity contribution in [3.8, 4) is 0 Å². The Hall–Kier alpha value is -1.43. The summed E-state index contributed by atoms with van der Waals surface area (Å²) < 4.78 is 1.49. The van der Waals surface area contributed by atoms with Gasteiger partial charge in [-0.1, -0.05) is 5.21 Å². The zero-order chi connectivity index (χ0) is 12.3. The van der Waals surface area contributed by atoms with E-state index in [1.54, 1.807) is 13.1 Å². The number of amides is 1.